The van der Waals surface area contributed by atoms with Gasteiger partial charge in [0.2, 0.25) is 0 Å². The first-order valence-electron chi connectivity index (χ1n) is 6.33. The molecule has 0 aromatic carbocycles. The summed E-state index contributed by atoms with van der Waals surface area (Å²) < 4.78 is 0. The van der Waals surface area contributed by atoms with Crippen LogP contribution >= 0.6 is 0 Å². The highest BCUT2D eigenvalue weighted by Crippen LogP contribution is 2.18. The quantitative estimate of drug-likeness (QED) is 0.868. The molecule has 0 spiro atoms. The zero-order chi connectivity index (χ0) is 14.5. The van der Waals surface area contributed by atoms with Crippen LogP contribution in [-0.2, 0) is 0 Å². The lowest BCUT2D eigenvalue weighted by Gasteiger charge is -2.11. The van der Waals surface area contributed by atoms with E-state index < -0.39 is 5.97 Å². The molecule has 0 radical (unpaired) electrons. The van der Waals surface area contributed by atoms with Crippen LogP contribution in [-0.4, -0.2) is 32.6 Å². The number of nitrogens with zero attached hydrogens (tertiary/aromatic N) is 3. The van der Waals surface area contributed by atoms with Crippen molar-refractivity contribution in [1.29, 1.82) is 0 Å². The van der Waals surface area contributed by atoms with E-state index in [1.54, 1.807) is 18.3 Å². The summed E-state index contributed by atoms with van der Waals surface area (Å²) in [6, 6.07) is 5.41. The summed E-state index contributed by atoms with van der Waals surface area (Å²) in [7, 11) is 0. The zero-order valence-electron chi connectivity index (χ0n) is 11.4. The maximum Gasteiger partial charge on any atom is 0.341 e. The molecular formula is C14H16N4O2. The molecule has 0 saturated heterocycles. The smallest absolute Gasteiger partial charge is 0.341 e. The third-order valence-electron chi connectivity index (χ3n) is 2.59. The molecule has 6 nitrogen and oxygen atoms in total. The Hall–Kier alpha value is -2.50. The third kappa shape index (κ3) is 3.28. The molecule has 0 bridgehead atoms. The first kappa shape index (κ1) is 13.9. The maximum atomic E-state index is 11.2. The number of aromatic nitrogens is 3. The molecule has 2 aromatic rings. The van der Waals surface area contributed by atoms with Crippen molar-refractivity contribution in [1.82, 2.24) is 15.0 Å². The molecule has 0 aliphatic rings. The van der Waals surface area contributed by atoms with Crippen LogP contribution in [0, 0.1) is 5.92 Å². The first-order valence-corrected chi connectivity index (χ1v) is 6.33. The molecule has 2 aromatic heterocycles. The number of hydrogen-bond acceptors (Lipinski definition) is 5. The van der Waals surface area contributed by atoms with Crippen LogP contribution < -0.4 is 5.32 Å². The molecule has 0 atom stereocenters. The number of anilines is 1. The fraction of sp³-hybridized carbons (Fsp3) is 0.286. The number of hydrogen-bond donors (Lipinski definition) is 2. The fourth-order valence-corrected chi connectivity index (χ4v) is 1.59. The minimum Gasteiger partial charge on any atom is -0.477 e. The van der Waals surface area contributed by atoms with E-state index in [9.17, 15) is 4.79 Å². The van der Waals surface area contributed by atoms with Gasteiger partial charge in [-0.3, -0.25) is 4.98 Å². The van der Waals surface area contributed by atoms with Crippen LogP contribution in [0.2, 0.25) is 0 Å². The van der Waals surface area contributed by atoms with E-state index in [-0.39, 0.29) is 5.56 Å². The largest absolute Gasteiger partial charge is 0.477 e. The van der Waals surface area contributed by atoms with Crippen molar-refractivity contribution in [3.8, 4) is 11.5 Å². The van der Waals surface area contributed by atoms with Gasteiger partial charge in [0.1, 0.15) is 17.1 Å². The maximum absolute atomic E-state index is 11.2. The Balaban J connectivity index is 2.37. The Morgan fingerprint density at radius 1 is 1.35 bits per heavy atom. The van der Waals surface area contributed by atoms with Gasteiger partial charge in [0.15, 0.2) is 5.82 Å². The van der Waals surface area contributed by atoms with Crippen molar-refractivity contribution in [2.24, 2.45) is 5.92 Å². The van der Waals surface area contributed by atoms with Gasteiger partial charge < -0.3 is 10.4 Å². The van der Waals surface area contributed by atoms with Gasteiger partial charge in [-0.25, -0.2) is 14.8 Å². The van der Waals surface area contributed by atoms with Gasteiger partial charge in [-0.1, -0.05) is 19.9 Å². The van der Waals surface area contributed by atoms with Crippen LogP contribution in [0.25, 0.3) is 11.5 Å². The third-order valence-corrected chi connectivity index (χ3v) is 2.59. The summed E-state index contributed by atoms with van der Waals surface area (Å²) in [5, 5.41) is 12.2. The van der Waals surface area contributed by atoms with Crippen molar-refractivity contribution in [3.63, 3.8) is 0 Å². The van der Waals surface area contributed by atoms with E-state index in [0.717, 1.165) is 0 Å². The van der Waals surface area contributed by atoms with Gasteiger partial charge in [-0.05, 0) is 18.1 Å². The highest BCUT2D eigenvalue weighted by molar-refractivity contribution is 5.93. The molecule has 0 amide bonds. The predicted octanol–water partition coefficient (Wildman–Crippen LogP) is 2.30. The molecule has 2 heterocycles. The monoisotopic (exact) mass is 272 g/mol. The second kappa shape index (κ2) is 6.10. The van der Waals surface area contributed by atoms with Gasteiger partial charge in [0, 0.05) is 18.9 Å². The van der Waals surface area contributed by atoms with Crippen molar-refractivity contribution in [3.05, 3.63) is 36.2 Å². The molecule has 2 rings (SSSR count). The normalized spacial score (nSPS) is 10.6. The number of carboxylic acid groups (broad SMARTS) is 1. The summed E-state index contributed by atoms with van der Waals surface area (Å²) >= 11 is 0. The molecule has 104 valence electrons. The lowest BCUT2D eigenvalue weighted by molar-refractivity contribution is 0.0697. The minimum absolute atomic E-state index is 0.0605. The van der Waals surface area contributed by atoms with E-state index in [4.69, 9.17) is 5.11 Å². The average Bonchev–Trinajstić information content (AvgIpc) is 2.45. The van der Waals surface area contributed by atoms with Gasteiger partial charge in [0.25, 0.3) is 0 Å². The highest BCUT2D eigenvalue weighted by atomic mass is 16.4. The lowest BCUT2D eigenvalue weighted by atomic mass is 10.2. The molecule has 0 saturated carbocycles. The van der Waals surface area contributed by atoms with Crippen molar-refractivity contribution < 1.29 is 9.90 Å². The van der Waals surface area contributed by atoms with Gasteiger partial charge in [-0.2, -0.15) is 0 Å². The van der Waals surface area contributed by atoms with Crippen LogP contribution in [0.3, 0.4) is 0 Å². The minimum atomic E-state index is -1.05. The average molecular weight is 272 g/mol. The SMILES string of the molecule is CC(C)CNc1nc(-c2ccccn2)ncc1C(=O)O. The van der Waals surface area contributed by atoms with Crippen LogP contribution in [0.5, 0.6) is 0 Å². The Kier molecular flexibility index (Phi) is 4.24. The summed E-state index contributed by atoms with van der Waals surface area (Å²) in [6.07, 6.45) is 2.95. The van der Waals surface area contributed by atoms with Gasteiger partial charge in [0.05, 0.1) is 0 Å². The second-order valence-electron chi connectivity index (χ2n) is 4.75. The van der Waals surface area contributed by atoms with Crippen LogP contribution in [0.1, 0.15) is 24.2 Å². The molecular weight excluding hydrogens is 256 g/mol. The Morgan fingerprint density at radius 3 is 2.75 bits per heavy atom. The molecule has 2 N–H and O–H groups in total. The number of carboxylic acids is 1. The Labute approximate surface area is 116 Å². The van der Waals surface area contributed by atoms with E-state index in [1.807, 2.05) is 19.9 Å². The van der Waals surface area contributed by atoms with Gasteiger partial charge >= 0.3 is 5.97 Å². The van der Waals surface area contributed by atoms with E-state index >= 15 is 0 Å². The first-order chi connectivity index (χ1) is 9.58. The molecule has 0 aliphatic carbocycles. The number of carbonyl (C=O) groups is 1. The second-order valence-corrected chi connectivity index (χ2v) is 4.75. The number of nitrogens with one attached hydrogen (secondary N) is 1. The van der Waals surface area contributed by atoms with Crippen LogP contribution in [0.4, 0.5) is 5.82 Å². The fourth-order valence-electron chi connectivity index (χ4n) is 1.59. The number of aromatic carboxylic acids is 1. The topological polar surface area (TPSA) is 88.0 Å². The molecule has 0 unspecified atom stereocenters. The highest BCUT2D eigenvalue weighted by Gasteiger charge is 2.14. The Bertz CT molecular complexity index is 599. The molecule has 20 heavy (non-hydrogen) atoms. The van der Waals surface area contributed by atoms with Gasteiger partial charge in [-0.15, -0.1) is 0 Å². The van der Waals surface area contributed by atoms with E-state index in [0.29, 0.717) is 29.8 Å². The Morgan fingerprint density at radius 2 is 2.15 bits per heavy atom. The van der Waals surface area contributed by atoms with E-state index in [2.05, 4.69) is 20.3 Å². The number of rotatable bonds is 5. The van der Waals surface area contributed by atoms with E-state index in [1.165, 1.54) is 6.20 Å². The zero-order valence-corrected chi connectivity index (χ0v) is 11.4. The summed E-state index contributed by atoms with van der Waals surface area (Å²) in [6.45, 7) is 4.71. The predicted molar refractivity (Wildman–Crippen MR) is 75.6 cm³/mol. The summed E-state index contributed by atoms with van der Waals surface area (Å²) in [5.41, 5.74) is 0.669. The van der Waals surface area contributed by atoms with Crippen LogP contribution in [0.15, 0.2) is 30.6 Å². The molecule has 6 heteroatoms. The van der Waals surface area contributed by atoms with Crippen molar-refractivity contribution >= 4 is 11.8 Å². The summed E-state index contributed by atoms with van der Waals surface area (Å²) in [4.78, 5) is 23.7. The van der Waals surface area contributed by atoms with Crippen molar-refractivity contribution in [2.75, 3.05) is 11.9 Å². The summed E-state index contributed by atoms with van der Waals surface area (Å²) in [5.74, 6) is 0.0532. The standard InChI is InChI=1S/C14H16N4O2/c1-9(2)7-16-12-10(14(19)20)8-17-13(18-12)11-5-3-4-6-15-11/h3-6,8-9H,7H2,1-2H3,(H,19,20)(H,16,17,18). The lowest BCUT2D eigenvalue weighted by Crippen LogP contribution is -2.14. The molecule has 0 aliphatic heterocycles. The molecule has 0 fully saturated rings. The van der Waals surface area contributed by atoms with Crippen molar-refractivity contribution in [2.45, 2.75) is 13.8 Å². The number of pyridine rings is 1.